The standard InChI is InChI=1S/C31H24ClFN4O5/c1-31(22-5-4-20(32)12-23(22)33)41-26-7-3-17(11-27(26)42-31)19-14-34-28(35-15-19)13-29-36-24-6-2-18(30(38)39)10-25(24)37(29)16-21-8-9-40-21/h2-7,10-12,14-15,21H,8-9,13,16H2,1H3,(H,38,39)/t21-,31+/m0/s1. The zero-order chi connectivity index (χ0) is 29.0. The normalized spacial score (nSPS) is 19.2. The minimum Gasteiger partial charge on any atom is -0.478 e. The smallest absolute Gasteiger partial charge is 0.335 e. The molecular formula is C31H24ClFN4O5. The van der Waals surface area contributed by atoms with E-state index in [1.54, 1.807) is 55.7 Å². The second-order valence-electron chi connectivity index (χ2n) is 10.4. The monoisotopic (exact) mass is 586 g/mol. The minimum atomic E-state index is -1.34. The van der Waals surface area contributed by atoms with Crippen LogP contribution in [0.15, 0.2) is 67.0 Å². The van der Waals surface area contributed by atoms with Gasteiger partial charge in [0.25, 0.3) is 5.79 Å². The Labute approximate surface area is 244 Å². The van der Waals surface area contributed by atoms with Gasteiger partial charge in [-0.3, -0.25) is 0 Å². The number of rotatable bonds is 7. The van der Waals surface area contributed by atoms with Crippen LogP contribution < -0.4 is 9.47 Å². The summed E-state index contributed by atoms with van der Waals surface area (Å²) in [4.78, 5) is 25.5. The van der Waals surface area contributed by atoms with Crippen molar-refractivity contribution in [3.05, 3.63) is 101 Å². The first-order chi connectivity index (χ1) is 20.3. The predicted molar refractivity (Wildman–Crippen MR) is 151 cm³/mol. The van der Waals surface area contributed by atoms with E-state index in [-0.39, 0.29) is 22.3 Å². The molecule has 7 rings (SSSR count). The lowest BCUT2D eigenvalue weighted by atomic mass is 10.1. The van der Waals surface area contributed by atoms with Crippen molar-refractivity contribution >= 4 is 28.6 Å². The molecule has 0 aliphatic carbocycles. The van der Waals surface area contributed by atoms with E-state index in [0.29, 0.717) is 42.4 Å². The van der Waals surface area contributed by atoms with Gasteiger partial charge < -0.3 is 23.9 Å². The van der Waals surface area contributed by atoms with E-state index in [2.05, 4.69) is 9.97 Å². The number of nitrogens with zero attached hydrogens (tertiary/aromatic N) is 4. The van der Waals surface area contributed by atoms with Crippen LogP contribution in [0, 0.1) is 5.82 Å². The molecule has 42 heavy (non-hydrogen) atoms. The van der Waals surface area contributed by atoms with Gasteiger partial charge in [-0.2, -0.15) is 0 Å². The number of ether oxygens (including phenoxy) is 3. The Kier molecular flexibility index (Phi) is 6.32. The zero-order valence-corrected chi connectivity index (χ0v) is 23.1. The SMILES string of the molecule is C[C@@]1(c2ccc(Cl)cc2F)Oc2ccc(-c3cnc(Cc4nc5ccc(C(=O)O)cc5n4C[C@@H]4CCO4)nc3)cc2O1. The second-order valence-corrected chi connectivity index (χ2v) is 10.9. The lowest BCUT2D eigenvalue weighted by Crippen LogP contribution is -2.32. The van der Waals surface area contributed by atoms with Crippen LogP contribution in [0.1, 0.15) is 40.9 Å². The summed E-state index contributed by atoms with van der Waals surface area (Å²) in [6.07, 6.45) is 4.80. The number of benzene rings is 3. The molecule has 0 amide bonds. The molecule has 0 radical (unpaired) electrons. The van der Waals surface area contributed by atoms with Gasteiger partial charge in [-0.25, -0.2) is 24.1 Å². The van der Waals surface area contributed by atoms with Crippen molar-refractivity contribution in [2.24, 2.45) is 0 Å². The number of fused-ring (bicyclic) bond motifs is 2. The summed E-state index contributed by atoms with van der Waals surface area (Å²) in [5.41, 5.74) is 3.46. The fourth-order valence-electron chi connectivity index (χ4n) is 5.27. The topological polar surface area (TPSA) is 109 Å². The number of carboxylic acids is 1. The Morgan fingerprint density at radius 3 is 2.57 bits per heavy atom. The number of carbonyl (C=O) groups is 1. The number of halogens is 2. The highest BCUT2D eigenvalue weighted by molar-refractivity contribution is 6.30. The van der Waals surface area contributed by atoms with Crippen molar-refractivity contribution in [3.8, 4) is 22.6 Å². The lowest BCUT2D eigenvalue weighted by molar-refractivity contribution is -0.0707. The Hall–Kier alpha value is -4.54. The van der Waals surface area contributed by atoms with E-state index in [9.17, 15) is 14.3 Å². The van der Waals surface area contributed by atoms with Crippen LogP contribution in [0.3, 0.4) is 0 Å². The van der Waals surface area contributed by atoms with E-state index in [4.69, 9.17) is 30.8 Å². The van der Waals surface area contributed by atoms with Gasteiger partial charge in [0.1, 0.15) is 17.5 Å². The van der Waals surface area contributed by atoms with Crippen molar-refractivity contribution in [2.45, 2.75) is 38.2 Å². The Morgan fingerprint density at radius 2 is 1.86 bits per heavy atom. The number of hydrogen-bond acceptors (Lipinski definition) is 7. The Morgan fingerprint density at radius 1 is 1.07 bits per heavy atom. The third-order valence-corrected chi connectivity index (χ3v) is 7.82. The number of aromatic nitrogens is 4. The average Bonchev–Trinajstić information content (AvgIpc) is 3.46. The fourth-order valence-corrected chi connectivity index (χ4v) is 5.43. The van der Waals surface area contributed by atoms with Gasteiger partial charge in [0.15, 0.2) is 11.5 Å². The molecule has 2 aliphatic rings. The maximum absolute atomic E-state index is 14.6. The molecule has 11 heteroatoms. The largest absolute Gasteiger partial charge is 0.478 e. The number of hydrogen-bond donors (Lipinski definition) is 1. The Bertz CT molecular complexity index is 1860. The summed E-state index contributed by atoms with van der Waals surface area (Å²) in [6, 6.07) is 14.7. The van der Waals surface area contributed by atoms with Crippen molar-refractivity contribution < 1.29 is 28.5 Å². The Balaban J connectivity index is 1.13. The summed E-state index contributed by atoms with van der Waals surface area (Å²) in [5, 5.41) is 9.77. The van der Waals surface area contributed by atoms with Gasteiger partial charge in [-0.1, -0.05) is 17.7 Å². The quantitative estimate of drug-likeness (QED) is 0.247. The lowest BCUT2D eigenvalue weighted by Gasteiger charge is -2.27. The van der Waals surface area contributed by atoms with E-state index in [0.717, 1.165) is 28.9 Å². The maximum Gasteiger partial charge on any atom is 0.335 e. The number of aromatic carboxylic acids is 1. The molecular weight excluding hydrogens is 563 g/mol. The summed E-state index contributed by atoms with van der Waals surface area (Å²) >= 11 is 5.91. The molecule has 4 heterocycles. The molecule has 2 aliphatic heterocycles. The van der Waals surface area contributed by atoms with Crippen molar-refractivity contribution in [2.75, 3.05) is 6.61 Å². The maximum atomic E-state index is 14.6. The van der Waals surface area contributed by atoms with Crippen LogP contribution in [0.2, 0.25) is 5.02 Å². The van der Waals surface area contributed by atoms with Crippen molar-refractivity contribution in [3.63, 3.8) is 0 Å². The zero-order valence-electron chi connectivity index (χ0n) is 22.4. The molecule has 0 spiro atoms. The van der Waals surface area contributed by atoms with Crippen LogP contribution in [-0.2, 0) is 23.5 Å². The molecule has 1 fully saturated rings. The molecule has 0 saturated carbocycles. The third-order valence-electron chi connectivity index (χ3n) is 7.58. The molecule has 212 valence electrons. The summed E-state index contributed by atoms with van der Waals surface area (Å²) in [6.45, 7) is 2.95. The average molecular weight is 587 g/mol. The van der Waals surface area contributed by atoms with Crippen LogP contribution in [-0.4, -0.2) is 43.3 Å². The van der Waals surface area contributed by atoms with Gasteiger partial charge in [-0.15, -0.1) is 0 Å². The van der Waals surface area contributed by atoms with E-state index < -0.39 is 17.6 Å². The van der Waals surface area contributed by atoms with Crippen LogP contribution in [0.5, 0.6) is 11.5 Å². The van der Waals surface area contributed by atoms with Gasteiger partial charge in [-0.05, 0) is 60.5 Å². The fraction of sp³-hybridized carbons (Fsp3) is 0.226. The molecule has 1 saturated heterocycles. The first kappa shape index (κ1) is 26.4. The molecule has 1 N–H and O–H groups in total. The molecule has 9 nitrogen and oxygen atoms in total. The molecule has 2 atom stereocenters. The highest BCUT2D eigenvalue weighted by Crippen LogP contribution is 2.46. The molecule has 2 aromatic heterocycles. The number of carboxylic acid groups (broad SMARTS) is 1. The van der Waals surface area contributed by atoms with Crippen LogP contribution in [0.25, 0.3) is 22.2 Å². The highest BCUT2D eigenvalue weighted by atomic mass is 35.5. The van der Waals surface area contributed by atoms with Gasteiger partial charge >= 0.3 is 5.97 Å². The third kappa shape index (κ3) is 4.72. The minimum absolute atomic E-state index is 0.0574. The predicted octanol–water partition coefficient (Wildman–Crippen LogP) is 6.01. The van der Waals surface area contributed by atoms with E-state index in [1.165, 1.54) is 6.07 Å². The number of imidazole rings is 1. The highest BCUT2D eigenvalue weighted by Gasteiger charge is 2.41. The first-order valence-corrected chi connectivity index (χ1v) is 13.8. The molecule has 0 unspecified atom stereocenters. The van der Waals surface area contributed by atoms with Gasteiger partial charge in [0.2, 0.25) is 0 Å². The second kappa shape index (κ2) is 10.1. The molecule has 0 bridgehead atoms. The van der Waals surface area contributed by atoms with Gasteiger partial charge in [0.05, 0.1) is 41.2 Å². The molecule has 5 aromatic rings. The summed E-state index contributed by atoms with van der Waals surface area (Å²) < 4.78 is 34.3. The summed E-state index contributed by atoms with van der Waals surface area (Å²) in [5.74, 6) is -0.581. The van der Waals surface area contributed by atoms with Gasteiger partial charge in [0, 0.05) is 36.5 Å². The van der Waals surface area contributed by atoms with E-state index in [1.807, 2.05) is 16.7 Å². The van der Waals surface area contributed by atoms with Crippen LogP contribution >= 0.6 is 11.6 Å². The summed E-state index contributed by atoms with van der Waals surface area (Å²) in [7, 11) is 0. The van der Waals surface area contributed by atoms with E-state index >= 15 is 0 Å². The van der Waals surface area contributed by atoms with Crippen LogP contribution in [0.4, 0.5) is 4.39 Å². The first-order valence-electron chi connectivity index (χ1n) is 13.4. The molecule has 3 aromatic carbocycles. The van der Waals surface area contributed by atoms with Crippen molar-refractivity contribution in [1.29, 1.82) is 0 Å². The van der Waals surface area contributed by atoms with Crippen molar-refractivity contribution in [1.82, 2.24) is 19.5 Å².